The van der Waals surface area contributed by atoms with E-state index in [1.165, 1.54) is 37.9 Å². The molecule has 1 unspecified atom stereocenters. The van der Waals surface area contributed by atoms with Gasteiger partial charge in [-0.25, -0.2) is 0 Å². The fourth-order valence-electron chi connectivity index (χ4n) is 4.00. The van der Waals surface area contributed by atoms with Gasteiger partial charge in [-0.2, -0.15) is 0 Å². The molecular formula is C19H29NO2. The van der Waals surface area contributed by atoms with Gasteiger partial charge in [0.15, 0.2) is 0 Å². The Balaban J connectivity index is 1.86. The van der Waals surface area contributed by atoms with Gasteiger partial charge in [0.2, 0.25) is 0 Å². The highest BCUT2D eigenvalue weighted by Gasteiger charge is 2.36. The van der Waals surface area contributed by atoms with Gasteiger partial charge in [-0.1, -0.05) is 6.42 Å². The molecule has 2 aliphatic rings. The van der Waals surface area contributed by atoms with E-state index >= 15 is 0 Å². The average molecular weight is 303 g/mol. The van der Waals surface area contributed by atoms with Gasteiger partial charge < -0.3 is 9.84 Å². The zero-order chi connectivity index (χ0) is 15.9. The summed E-state index contributed by atoms with van der Waals surface area (Å²) in [4.78, 5) is 2.56. The molecule has 1 aromatic rings. The maximum atomic E-state index is 10.3. The first-order chi connectivity index (χ1) is 10.4. The third-order valence-corrected chi connectivity index (χ3v) is 5.60. The Labute approximate surface area is 134 Å². The molecule has 22 heavy (non-hydrogen) atoms. The number of ether oxygens (including phenoxy) is 1. The molecule has 1 aromatic carbocycles. The molecule has 0 spiro atoms. The van der Waals surface area contributed by atoms with Crippen LogP contribution in [0.25, 0.3) is 0 Å². The normalized spacial score (nSPS) is 25.6. The number of likely N-dealkylation sites (tertiary alicyclic amines) is 1. The van der Waals surface area contributed by atoms with Crippen LogP contribution >= 0.6 is 0 Å². The summed E-state index contributed by atoms with van der Waals surface area (Å²) in [6.45, 7) is 11.7. The highest BCUT2D eigenvalue weighted by molar-refractivity contribution is 5.58. The predicted molar refractivity (Wildman–Crippen MR) is 90.0 cm³/mol. The maximum Gasteiger partial charge on any atom is 0.127 e. The van der Waals surface area contributed by atoms with Crippen molar-refractivity contribution in [3.63, 3.8) is 0 Å². The molecule has 0 amide bonds. The number of fused-ring (bicyclic) bond motifs is 1. The van der Waals surface area contributed by atoms with Crippen LogP contribution in [0.15, 0.2) is 0 Å². The molecule has 2 aliphatic heterocycles. The summed E-state index contributed by atoms with van der Waals surface area (Å²) in [6.07, 6.45) is 6.03. The van der Waals surface area contributed by atoms with Crippen LogP contribution in [0.2, 0.25) is 0 Å². The summed E-state index contributed by atoms with van der Waals surface area (Å²) in [5, 5.41) is 10.3. The number of hydrogen-bond donors (Lipinski definition) is 1. The van der Waals surface area contributed by atoms with Crippen LogP contribution in [-0.2, 0) is 6.42 Å². The van der Waals surface area contributed by atoms with Gasteiger partial charge in [-0.15, -0.1) is 0 Å². The van der Waals surface area contributed by atoms with Gasteiger partial charge in [0.05, 0.1) is 0 Å². The first-order valence-corrected chi connectivity index (χ1v) is 8.64. The predicted octanol–water partition coefficient (Wildman–Crippen LogP) is 3.89. The van der Waals surface area contributed by atoms with Crippen LogP contribution in [0, 0.1) is 20.8 Å². The molecule has 3 nitrogen and oxygen atoms in total. The van der Waals surface area contributed by atoms with Gasteiger partial charge in [-0.05, 0) is 83.2 Å². The highest BCUT2D eigenvalue weighted by atomic mass is 16.5. The third kappa shape index (κ3) is 2.71. The Morgan fingerprint density at radius 2 is 1.73 bits per heavy atom. The summed E-state index contributed by atoms with van der Waals surface area (Å²) < 4.78 is 6.52. The van der Waals surface area contributed by atoms with Crippen LogP contribution in [0.4, 0.5) is 0 Å². The lowest BCUT2D eigenvalue weighted by molar-refractivity contribution is 0.0189. The van der Waals surface area contributed by atoms with E-state index in [-0.39, 0.29) is 5.60 Å². The minimum absolute atomic E-state index is 0.106. The molecular weight excluding hydrogens is 274 g/mol. The topological polar surface area (TPSA) is 32.7 Å². The smallest absolute Gasteiger partial charge is 0.127 e. The summed E-state index contributed by atoms with van der Waals surface area (Å²) in [6, 6.07) is 0. The molecule has 1 saturated heterocycles. The van der Waals surface area contributed by atoms with Gasteiger partial charge >= 0.3 is 0 Å². The Kier molecular flexibility index (Phi) is 4.11. The van der Waals surface area contributed by atoms with Crippen molar-refractivity contribution in [3.05, 3.63) is 22.3 Å². The van der Waals surface area contributed by atoms with E-state index in [0.717, 1.165) is 41.8 Å². The molecule has 3 rings (SSSR count). The van der Waals surface area contributed by atoms with Crippen molar-refractivity contribution in [2.45, 2.75) is 65.4 Å². The third-order valence-electron chi connectivity index (χ3n) is 5.60. The number of benzene rings is 1. The Hall–Kier alpha value is -1.22. The fraction of sp³-hybridized carbons (Fsp3) is 0.684. The van der Waals surface area contributed by atoms with E-state index < -0.39 is 0 Å². The van der Waals surface area contributed by atoms with Crippen LogP contribution < -0.4 is 4.74 Å². The second kappa shape index (κ2) is 5.77. The lowest BCUT2D eigenvalue weighted by Gasteiger charge is -2.41. The fourth-order valence-corrected chi connectivity index (χ4v) is 4.00. The molecule has 0 aromatic heterocycles. The first-order valence-electron chi connectivity index (χ1n) is 8.64. The molecule has 0 bridgehead atoms. The number of phenolic OH excluding ortho intramolecular Hbond substituents is 1. The molecule has 0 radical (unpaired) electrons. The molecule has 1 N–H and O–H groups in total. The lowest BCUT2D eigenvalue weighted by Crippen LogP contribution is -2.48. The number of aromatic hydroxyl groups is 1. The Bertz CT molecular complexity index is 576. The average Bonchev–Trinajstić information content (AvgIpc) is 2.51. The summed E-state index contributed by atoms with van der Waals surface area (Å²) in [7, 11) is 0. The second-order valence-corrected chi connectivity index (χ2v) is 7.42. The van der Waals surface area contributed by atoms with Crippen LogP contribution in [0.5, 0.6) is 11.5 Å². The number of phenols is 1. The standard InChI is InChI=1S/C19H29NO2/c1-13-14(2)18-16(15(3)17(13)21)8-9-19(4,22-18)12-20-10-6-5-7-11-20/h21H,5-12H2,1-4H3. The van der Waals surface area contributed by atoms with Crippen LogP contribution in [0.3, 0.4) is 0 Å². The summed E-state index contributed by atoms with van der Waals surface area (Å²) in [5.41, 5.74) is 4.15. The minimum Gasteiger partial charge on any atom is -0.507 e. The van der Waals surface area contributed by atoms with Crippen molar-refractivity contribution in [2.24, 2.45) is 0 Å². The second-order valence-electron chi connectivity index (χ2n) is 7.42. The van der Waals surface area contributed by atoms with E-state index in [1.54, 1.807) is 0 Å². The molecule has 2 heterocycles. The van der Waals surface area contributed by atoms with E-state index in [1.807, 2.05) is 13.8 Å². The minimum atomic E-state index is -0.106. The van der Waals surface area contributed by atoms with E-state index in [0.29, 0.717) is 5.75 Å². The van der Waals surface area contributed by atoms with Crippen molar-refractivity contribution in [2.75, 3.05) is 19.6 Å². The first kappa shape index (κ1) is 15.7. The SMILES string of the molecule is Cc1c(C)c2c(c(C)c1O)CCC(C)(CN1CCCCC1)O2. The number of nitrogens with zero attached hydrogens (tertiary/aromatic N) is 1. The van der Waals surface area contributed by atoms with Gasteiger partial charge in [-0.3, -0.25) is 4.90 Å². The number of rotatable bonds is 2. The molecule has 1 atom stereocenters. The Morgan fingerprint density at radius 3 is 2.41 bits per heavy atom. The molecule has 122 valence electrons. The molecule has 0 saturated carbocycles. The molecule has 1 fully saturated rings. The molecule has 3 heteroatoms. The van der Waals surface area contributed by atoms with Crippen molar-refractivity contribution >= 4 is 0 Å². The van der Waals surface area contributed by atoms with Crippen molar-refractivity contribution in [1.29, 1.82) is 0 Å². The van der Waals surface area contributed by atoms with Crippen LogP contribution in [-0.4, -0.2) is 35.2 Å². The summed E-state index contributed by atoms with van der Waals surface area (Å²) >= 11 is 0. The van der Waals surface area contributed by atoms with Gasteiger partial charge in [0.1, 0.15) is 17.1 Å². The Morgan fingerprint density at radius 1 is 1.05 bits per heavy atom. The van der Waals surface area contributed by atoms with E-state index in [9.17, 15) is 5.11 Å². The van der Waals surface area contributed by atoms with Gasteiger partial charge in [0, 0.05) is 12.1 Å². The van der Waals surface area contributed by atoms with Crippen molar-refractivity contribution in [3.8, 4) is 11.5 Å². The zero-order valence-electron chi connectivity index (χ0n) is 14.5. The van der Waals surface area contributed by atoms with E-state index in [2.05, 4.69) is 18.7 Å². The zero-order valence-corrected chi connectivity index (χ0v) is 14.5. The lowest BCUT2D eigenvalue weighted by atomic mass is 9.86. The van der Waals surface area contributed by atoms with Crippen molar-refractivity contribution < 1.29 is 9.84 Å². The monoisotopic (exact) mass is 303 g/mol. The number of hydrogen-bond acceptors (Lipinski definition) is 3. The largest absolute Gasteiger partial charge is 0.507 e. The number of piperidine rings is 1. The maximum absolute atomic E-state index is 10.3. The van der Waals surface area contributed by atoms with Crippen molar-refractivity contribution in [1.82, 2.24) is 4.90 Å². The van der Waals surface area contributed by atoms with E-state index in [4.69, 9.17) is 4.74 Å². The summed E-state index contributed by atoms with van der Waals surface area (Å²) in [5.74, 6) is 1.47. The quantitative estimate of drug-likeness (QED) is 0.900. The van der Waals surface area contributed by atoms with Gasteiger partial charge in [0.25, 0.3) is 0 Å². The van der Waals surface area contributed by atoms with Crippen LogP contribution in [0.1, 0.15) is 54.9 Å². The molecule has 0 aliphatic carbocycles. The highest BCUT2D eigenvalue weighted by Crippen LogP contribution is 2.43.